The maximum absolute atomic E-state index is 12.7. The van der Waals surface area contributed by atoms with Gasteiger partial charge in [-0.3, -0.25) is 9.59 Å². The number of nitrogens with zero attached hydrogens (tertiary/aromatic N) is 2. The lowest BCUT2D eigenvalue weighted by Crippen LogP contribution is -2.53. The minimum atomic E-state index is -0.241. The number of nitrogens with two attached hydrogens (primary N) is 1. The summed E-state index contributed by atoms with van der Waals surface area (Å²) in [5, 5.41) is 0. The molecule has 0 aromatic carbocycles. The first-order valence-electron chi connectivity index (χ1n) is 7.50. The van der Waals surface area contributed by atoms with Crippen molar-refractivity contribution in [2.45, 2.75) is 43.5 Å². The zero-order valence-corrected chi connectivity index (χ0v) is 14.0. The third-order valence-corrected chi connectivity index (χ3v) is 6.49. The van der Waals surface area contributed by atoms with Crippen LogP contribution in [0.25, 0.3) is 0 Å². The number of carbonyl (C=O) groups excluding carboxylic acids is 2. The molecule has 3 rings (SSSR count). The monoisotopic (exact) mass is 333 g/mol. The molecule has 0 spiro atoms. The Morgan fingerprint density at radius 2 is 2.10 bits per heavy atom. The Labute approximate surface area is 136 Å². The van der Waals surface area contributed by atoms with Gasteiger partial charge in [-0.1, -0.05) is 0 Å². The maximum Gasteiger partial charge on any atom is 0.246 e. The van der Waals surface area contributed by atoms with E-state index >= 15 is 0 Å². The fourth-order valence-electron chi connectivity index (χ4n) is 3.60. The standard InChI is InChI=1S/C14H23N3O2S.ClH/c1-14-5-2-12(18)17(14)11(9-20-14)13(19)16-6-3-10(8-15)4-7-16;/h10-11H,2-9,15H2,1H3;1H. The molecule has 3 aliphatic rings. The lowest BCUT2D eigenvalue weighted by atomic mass is 9.96. The Bertz CT molecular complexity index is 428. The predicted molar refractivity (Wildman–Crippen MR) is 86.3 cm³/mol. The molecule has 0 bridgehead atoms. The van der Waals surface area contributed by atoms with Crippen molar-refractivity contribution in [1.82, 2.24) is 9.80 Å². The number of hydrogen-bond acceptors (Lipinski definition) is 4. The number of rotatable bonds is 2. The van der Waals surface area contributed by atoms with Crippen molar-refractivity contribution in [3.8, 4) is 0 Å². The van der Waals surface area contributed by atoms with Gasteiger partial charge in [0.2, 0.25) is 11.8 Å². The van der Waals surface area contributed by atoms with Crippen molar-refractivity contribution in [2.75, 3.05) is 25.4 Å². The second-order valence-corrected chi connectivity index (χ2v) is 7.77. The lowest BCUT2D eigenvalue weighted by molar-refractivity contribution is -0.144. The van der Waals surface area contributed by atoms with Crippen LogP contribution in [0.3, 0.4) is 0 Å². The summed E-state index contributed by atoms with van der Waals surface area (Å²) in [6, 6.07) is -0.241. The van der Waals surface area contributed by atoms with Crippen LogP contribution in [0.15, 0.2) is 0 Å². The van der Waals surface area contributed by atoms with Crippen LogP contribution >= 0.6 is 24.2 Å². The number of fused-ring (bicyclic) bond motifs is 1. The van der Waals surface area contributed by atoms with Crippen molar-refractivity contribution in [3.05, 3.63) is 0 Å². The molecule has 2 unspecified atom stereocenters. The first-order valence-corrected chi connectivity index (χ1v) is 8.49. The van der Waals surface area contributed by atoms with Gasteiger partial charge in [-0.2, -0.15) is 0 Å². The number of likely N-dealkylation sites (tertiary alicyclic amines) is 1. The highest BCUT2D eigenvalue weighted by atomic mass is 35.5. The highest BCUT2D eigenvalue weighted by Crippen LogP contribution is 2.47. The van der Waals surface area contributed by atoms with Crippen LogP contribution < -0.4 is 5.73 Å². The van der Waals surface area contributed by atoms with Crippen LogP contribution in [0, 0.1) is 5.92 Å². The Morgan fingerprint density at radius 1 is 1.43 bits per heavy atom. The molecular weight excluding hydrogens is 310 g/mol. The first kappa shape index (κ1) is 16.9. The summed E-state index contributed by atoms with van der Waals surface area (Å²) in [6.07, 6.45) is 3.44. The summed E-state index contributed by atoms with van der Waals surface area (Å²) in [5.41, 5.74) is 5.69. The van der Waals surface area contributed by atoms with Crippen molar-refractivity contribution in [1.29, 1.82) is 0 Å². The maximum atomic E-state index is 12.7. The summed E-state index contributed by atoms with van der Waals surface area (Å²) in [7, 11) is 0. The van der Waals surface area contributed by atoms with E-state index in [1.54, 1.807) is 11.8 Å². The van der Waals surface area contributed by atoms with Gasteiger partial charge in [0.15, 0.2) is 0 Å². The normalized spacial score (nSPS) is 33.0. The summed E-state index contributed by atoms with van der Waals surface area (Å²) < 4.78 is 0. The summed E-state index contributed by atoms with van der Waals surface area (Å²) in [6.45, 7) is 4.39. The van der Waals surface area contributed by atoms with Gasteiger partial charge in [-0.25, -0.2) is 0 Å². The zero-order valence-electron chi connectivity index (χ0n) is 12.4. The topological polar surface area (TPSA) is 66.6 Å². The molecule has 7 heteroatoms. The summed E-state index contributed by atoms with van der Waals surface area (Å²) in [5.74, 6) is 1.59. The van der Waals surface area contributed by atoms with E-state index in [-0.39, 0.29) is 35.1 Å². The Balaban J connectivity index is 0.00000161. The summed E-state index contributed by atoms with van der Waals surface area (Å²) in [4.78, 5) is 28.4. The molecule has 21 heavy (non-hydrogen) atoms. The van der Waals surface area contributed by atoms with Crippen molar-refractivity contribution in [2.24, 2.45) is 11.7 Å². The number of piperidine rings is 1. The van der Waals surface area contributed by atoms with Crippen LogP contribution in [-0.2, 0) is 9.59 Å². The summed E-state index contributed by atoms with van der Waals surface area (Å²) >= 11 is 1.76. The Kier molecular flexibility index (Phi) is 5.11. The lowest BCUT2D eigenvalue weighted by Gasteiger charge is -2.36. The van der Waals surface area contributed by atoms with Gasteiger partial charge in [-0.15, -0.1) is 24.2 Å². The third kappa shape index (κ3) is 2.90. The third-order valence-electron chi connectivity index (χ3n) is 4.99. The van der Waals surface area contributed by atoms with Crippen LogP contribution in [0.2, 0.25) is 0 Å². The molecule has 3 fully saturated rings. The molecule has 0 aliphatic carbocycles. The minimum absolute atomic E-state index is 0. The molecule has 2 atom stereocenters. The number of carbonyl (C=O) groups is 2. The largest absolute Gasteiger partial charge is 0.341 e. The SMILES string of the molecule is CC12CCC(=O)N1C(C(=O)N1CCC(CN)CC1)CS2.Cl. The van der Waals surface area contributed by atoms with E-state index in [1.165, 1.54) is 0 Å². The van der Waals surface area contributed by atoms with Gasteiger partial charge in [0.05, 0.1) is 4.87 Å². The molecule has 2 amide bonds. The van der Waals surface area contributed by atoms with Gasteiger partial charge in [0, 0.05) is 25.3 Å². The average molecular weight is 334 g/mol. The number of hydrogen-bond donors (Lipinski definition) is 1. The fraction of sp³-hybridized carbons (Fsp3) is 0.857. The van der Waals surface area contributed by atoms with Crippen molar-refractivity contribution < 1.29 is 9.59 Å². The molecule has 0 saturated carbocycles. The molecule has 2 N–H and O–H groups in total. The van der Waals surface area contributed by atoms with Gasteiger partial charge in [0.1, 0.15) is 6.04 Å². The van der Waals surface area contributed by atoms with Crippen molar-refractivity contribution in [3.63, 3.8) is 0 Å². The quantitative estimate of drug-likeness (QED) is 0.820. The number of thioether (sulfide) groups is 1. The van der Waals surface area contributed by atoms with Crippen LogP contribution in [0.1, 0.15) is 32.6 Å². The van der Waals surface area contributed by atoms with Crippen LogP contribution in [0.5, 0.6) is 0 Å². The second-order valence-electron chi connectivity index (χ2n) is 6.27. The Morgan fingerprint density at radius 3 is 2.71 bits per heavy atom. The molecule has 3 heterocycles. The smallest absolute Gasteiger partial charge is 0.246 e. The molecule has 3 aliphatic heterocycles. The average Bonchev–Trinajstić information content (AvgIpc) is 2.95. The van der Waals surface area contributed by atoms with Gasteiger partial charge in [-0.05, 0) is 38.6 Å². The second kappa shape index (κ2) is 6.34. The van der Waals surface area contributed by atoms with E-state index in [0.717, 1.165) is 38.1 Å². The molecule has 0 aromatic heterocycles. The molecule has 5 nitrogen and oxygen atoms in total. The molecular formula is C14H24ClN3O2S. The van der Waals surface area contributed by atoms with Gasteiger partial charge in [0.25, 0.3) is 0 Å². The molecule has 0 radical (unpaired) electrons. The van der Waals surface area contributed by atoms with E-state index in [1.807, 2.05) is 9.80 Å². The first-order chi connectivity index (χ1) is 9.55. The predicted octanol–water partition coefficient (Wildman–Crippen LogP) is 1.06. The fourth-order valence-corrected chi connectivity index (χ4v) is 5.03. The van der Waals surface area contributed by atoms with E-state index in [4.69, 9.17) is 5.73 Å². The molecule has 120 valence electrons. The molecule has 0 aromatic rings. The van der Waals surface area contributed by atoms with Gasteiger partial charge < -0.3 is 15.5 Å². The van der Waals surface area contributed by atoms with Crippen molar-refractivity contribution >= 4 is 36.0 Å². The number of amides is 2. The van der Waals surface area contributed by atoms with Crippen LogP contribution in [0.4, 0.5) is 0 Å². The number of halogens is 1. The van der Waals surface area contributed by atoms with E-state index in [2.05, 4.69) is 6.92 Å². The highest BCUT2D eigenvalue weighted by Gasteiger charge is 2.53. The van der Waals surface area contributed by atoms with E-state index in [9.17, 15) is 9.59 Å². The van der Waals surface area contributed by atoms with E-state index in [0.29, 0.717) is 18.9 Å². The zero-order chi connectivity index (χ0) is 14.3. The highest BCUT2D eigenvalue weighted by molar-refractivity contribution is 8.01. The van der Waals surface area contributed by atoms with E-state index < -0.39 is 0 Å². The Hall–Kier alpha value is -0.460. The van der Waals surface area contributed by atoms with Crippen LogP contribution in [-0.4, -0.2) is 57.9 Å². The molecule has 3 saturated heterocycles. The van der Waals surface area contributed by atoms with Gasteiger partial charge >= 0.3 is 0 Å². The minimum Gasteiger partial charge on any atom is -0.341 e.